The van der Waals surface area contributed by atoms with E-state index in [0.717, 1.165) is 37.2 Å². The maximum absolute atomic E-state index is 11.9. The van der Waals surface area contributed by atoms with Crippen molar-refractivity contribution in [3.8, 4) is 0 Å². The van der Waals surface area contributed by atoms with Gasteiger partial charge in [-0.25, -0.2) is 0 Å². The summed E-state index contributed by atoms with van der Waals surface area (Å²) in [6.45, 7) is 2.14. The van der Waals surface area contributed by atoms with Gasteiger partial charge in [0.2, 0.25) is 5.91 Å². The lowest BCUT2D eigenvalue weighted by Gasteiger charge is -2.29. The molecule has 1 saturated heterocycles. The molecule has 1 aliphatic heterocycles. The first-order chi connectivity index (χ1) is 9.17. The summed E-state index contributed by atoms with van der Waals surface area (Å²) < 4.78 is 0. The van der Waals surface area contributed by atoms with Crippen LogP contribution in [-0.2, 0) is 11.4 Å². The van der Waals surface area contributed by atoms with Gasteiger partial charge in [-0.15, -0.1) is 0 Å². The number of carbonyl (C=O) groups excluding carboxylic acids is 1. The van der Waals surface area contributed by atoms with E-state index in [4.69, 9.17) is 10.8 Å². The molecule has 1 fully saturated rings. The highest BCUT2D eigenvalue weighted by Crippen LogP contribution is 2.12. The Morgan fingerprint density at radius 3 is 2.84 bits per heavy atom. The molecule has 5 nitrogen and oxygen atoms in total. The van der Waals surface area contributed by atoms with Gasteiger partial charge in [-0.05, 0) is 30.5 Å². The Morgan fingerprint density at radius 2 is 2.16 bits per heavy atom. The fourth-order valence-electron chi connectivity index (χ4n) is 2.26. The quantitative estimate of drug-likeness (QED) is 0.741. The first-order valence-corrected chi connectivity index (χ1v) is 6.65. The molecule has 1 aromatic rings. The van der Waals surface area contributed by atoms with Crippen molar-refractivity contribution in [2.45, 2.75) is 25.5 Å². The van der Waals surface area contributed by atoms with Crippen LogP contribution < -0.4 is 11.1 Å². The maximum Gasteiger partial charge on any atom is 0.238 e. The van der Waals surface area contributed by atoms with Crippen molar-refractivity contribution < 1.29 is 9.90 Å². The monoisotopic (exact) mass is 263 g/mol. The fraction of sp³-hybridized carbons (Fsp3) is 0.500. The summed E-state index contributed by atoms with van der Waals surface area (Å²) in [5, 5.41) is 11.9. The van der Waals surface area contributed by atoms with E-state index in [1.165, 1.54) is 0 Å². The average Bonchev–Trinajstić information content (AvgIpc) is 2.41. The second-order valence-corrected chi connectivity index (χ2v) is 5.02. The summed E-state index contributed by atoms with van der Waals surface area (Å²) in [6.07, 6.45) is 1.90. The number of amides is 1. The predicted octanol–water partition coefficient (Wildman–Crippen LogP) is 0.540. The minimum absolute atomic E-state index is 0.0201. The number of likely N-dealkylation sites (tertiary alicyclic amines) is 1. The number of nitrogens with one attached hydrogen (secondary N) is 1. The van der Waals surface area contributed by atoms with Gasteiger partial charge in [0.1, 0.15) is 0 Å². The first kappa shape index (κ1) is 14.0. The van der Waals surface area contributed by atoms with Gasteiger partial charge in [-0.3, -0.25) is 9.69 Å². The third kappa shape index (κ3) is 4.31. The molecular formula is C14H21N3O2. The Bertz CT molecular complexity index is 428. The standard InChI is InChI=1S/C14H21N3O2/c15-12-4-6-17(7-5-12)9-14(19)16-13-3-1-2-11(8-13)10-18/h1-3,8,12,18H,4-7,9-10,15H2,(H,16,19). The first-order valence-electron chi connectivity index (χ1n) is 6.65. The normalized spacial score (nSPS) is 17.4. The van der Waals surface area contributed by atoms with Crippen LogP contribution in [0.15, 0.2) is 24.3 Å². The van der Waals surface area contributed by atoms with Gasteiger partial charge >= 0.3 is 0 Å². The molecule has 19 heavy (non-hydrogen) atoms. The van der Waals surface area contributed by atoms with Crippen LogP contribution in [0.3, 0.4) is 0 Å². The summed E-state index contributed by atoms with van der Waals surface area (Å²) in [7, 11) is 0. The minimum atomic E-state index is -0.0226. The number of aliphatic hydroxyl groups is 1. The van der Waals surface area contributed by atoms with Crippen LogP contribution in [0.1, 0.15) is 18.4 Å². The molecule has 5 heteroatoms. The smallest absolute Gasteiger partial charge is 0.238 e. The van der Waals surface area contributed by atoms with Crippen LogP contribution in [0.4, 0.5) is 5.69 Å². The summed E-state index contributed by atoms with van der Waals surface area (Å²) in [4.78, 5) is 14.0. The molecule has 0 spiro atoms. The lowest BCUT2D eigenvalue weighted by molar-refractivity contribution is -0.117. The number of aliphatic hydroxyl groups excluding tert-OH is 1. The van der Waals surface area contributed by atoms with Crippen molar-refractivity contribution in [3.05, 3.63) is 29.8 Å². The highest BCUT2D eigenvalue weighted by Gasteiger charge is 2.18. The van der Waals surface area contributed by atoms with Gasteiger partial charge < -0.3 is 16.2 Å². The number of hydrogen-bond donors (Lipinski definition) is 3. The lowest BCUT2D eigenvalue weighted by atomic mass is 10.1. The topological polar surface area (TPSA) is 78.6 Å². The van der Waals surface area contributed by atoms with Gasteiger partial charge in [-0.2, -0.15) is 0 Å². The zero-order valence-electron chi connectivity index (χ0n) is 11.0. The number of carbonyl (C=O) groups is 1. The minimum Gasteiger partial charge on any atom is -0.392 e. The maximum atomic E-state index is 11.9. The summed E-state index contributed by atoms with van der Waals surface area (Å²) >= 11 is 0. The van der Waals surface area contributed by atoms with Gasteiger partial charge in [0, 0.05) is 24.8 Å². The molecular weight excluding hydrogens is 242 g/mol. The Hall–Kier alpha value is -1.43. The van der Waals surface area contributed by atoms with Crippen molar-refractivity contribution in [1.29, 1.82) is 0 Å². The molecule has 0 saturated carbocycles. The van der Waals surface area contributed by atoms with Crippen molar-refractivity contribution >= 4 is 11.6 Å². The highest BCUT2D eigenvalue weighted by molar-refractivity contribution is 5.92. The highest BCUT2D eigenvalue weighted by atomic mass is 16.3. The molecule has 0 atom stereocenters. The van der Waals surface area contributed by atoms with E-state index in [9.17, 15) is 4.79 Å². The van der Waals surface area contributed by atoms with Gasteiger partial charge in [0.15, 0.2) is 0 Å². The summed E-state index contributed by atoms with van der Waals surface area (Å²) in [5.74, 6) is -0.0226. The molecule has 1 heterocycles. The van der Waals surface area contributed by atoms with Crippen LogP contribution >= 0.6 is 0 Å². The fourth-order valence-corrected chi connectivity index (χ4v) is 2.26. The SMILES string of the molecule is NC1CCN(CC(=O)Nc2cccc(CO)c2)CC1. The van der Waals surface area contributed by atoms with Gasteiger partial charge in [0.25, 0.3) is 0 Å². The van der Waals surface area contributed by atoms with E-state index < -0.39 is 0 Å². The zero-order valence-corrected chi connectivity index (χ0v) is 11.0. The molecule has 104 valence electrons. The second-order valence-electron chi connectivity index (χ2n) is 5.02. The largest absolute Gasteiger partial charge is 0.392 e. The van der Waals surface area contributed by atoms with Crippen molar-refractivity contribution in [1.82, 2.24) is 4.90 Å². The number of rotatable bonds is 4. The second kappa shape index (κ2) is 6.65. The Labute approximate surface area is 113 Å². The molecule has 0 radical (unpaired) electrons. The molecule has 0 aromatic heterocycles. The van der Waals surface area contributed by atoms with E-state index in [2.05, 4.69) is 10.2 Å². The molecule has 0 aliphatic carbocycles. The van der Waals surface area contributed by atoms with Gasteiger partial charge in [-0.1, -0.05) is 12.1 Å². The number of nitrogens with two attached hydrogens (primary N) is 1. The van der Waals surface area contributed by atoms with E-state index in [-0.39, 0.29) is 18.6 Å². The number of benzene rings is 1. The molecule has 1 amide bonds. The average molecular weight is 263 g/mol. The number of hydrogen-bond acceptors (Lipinski definition) is 4. The van der Waals surface area contributed by atoms with Crippen LogP contribution in [0.5, 0.6) is 0 Å². The third-order valence-electron chi connectivity index (χ3n) is 3.39. The van der Waals surface area contributed by atoms with Gasteiger partial charge in [0.05, 0.1) is 13.2 Å². The molecule has 1 aliphatic rings. The summed E-state index contributed by atoms with van der Waals surface area (Å²) in [5.41, 5.74) is 7.35. The van der Waals surface area contributed by atoms with Crippen LogP contribution in [-0.4, -0.2) is 41.6 Å². The van der Waals surface area contributed by atoms with Crippen molar-refractivity contribution in [2.75, 3.05) is 25.0 Å². The van der Waals surface area contributed by atoms with Crippen LogP contribution in [0, 0.1) is 0 Å². The zero-order chi connectivity index (χ0) is 13.7. The molecule has 4 N–H and O–H groups in total. The summed E-state index contributed by atoms with van der Waals surface area (Å²) in [6, 6.07) is 7.52. The number of nitrogens with zero attached hydrogens (tertiary/aromatic N) is 1. The van der Waals surface area contributed by atoms with E-state index in [1.54, 1.807) is 6.07 Å². The molecule has 1 aromatic carbocycles. The Morgan fingerprint density at radius 1 is 1.42 bits per heavy atom. The lowest BCUT2D eigenvalue weighted by Crippen LogP contribution is -2.43. The molecule has 2 rings (SSSR count). The van der Waals surface area contributed by atoms with Crippen molar-refractivity contribution in [2.24, 2.45) is 5.73 Å². The molecule has 0 unspecified atom stereocenters. The molecule has 0 bridgehead atoms. The van der Waals surface area contributed by atoms with E-state index >= 15 is 0 Å². The van der Waals surface area contributed by atoms with Crippen molar-refractivity contribution in [3.63, 3.8) is 0 Å². The number of anilines is 1. The van der Waals surface area contributed by atoms with E-state index in [1.807, 2.05) is 18.2 Å². The van der Waals surface area contributed by atoms with Crippen LogP contribution in [0.25, 0.3) is 0 Å². The van der Waals surface area contributed by atoms with E-state index in [0.29, 0.717) is 6.54 Å². The number of piperidine rings is 1. The Balaban J connectivity index is 1.83. The van der Waals surface area contributed by atoms with Crippen LogP contribution in [0.2, 0.25) is 0 Å². The Kier molecular flexibility index (Phi) is 4.90. The third-order valence-corrected chi connectivity index (χ3v) is 3.39. The predicted molar refractivity (Wildman–Crippen MR) is 74.6 cm³/mol.